The van der Waals surface area contributed by atoms with Crippen molar-refractivity contribution in [2.24, 2.45) is 5.41 Å². The first kappa shape index (κ1) is 152. The molecule has 0 saturated heterocycles. The van der Waals surface area contributed by atoms with E-state index in [1.54, 1.807) is 14.2 Å². The second-order valence-electron chi connectivity index (χ2n) is 23.4. The minimum absolute atomic E-state index is 0. The minimum Gasteiger partial charge on any atom is -0.456 e. The van der Waals surface area contributed by atoms with Crippen LogP contribution in [-0.2, 0) is 8.85 Å². The molecule has 11 aromatic rings. The van der Waals surface area contributed by atoms with E-state index in [2.05, 4.69) is 97.9 Å². The van der Waals surface area contributed by atoms with Crippen molar-refractivity contribution in [2.75, 3.05) is 14.2 Å². The number of methoxy groups -OCH3 is 1. The van der Waals surface area contributed by atoms with Crippen LogP contribution in [0.15, 0.2) is 400 Å². The largest absolute Gasteiger partial charge is 0.456 e. The van der Waals surface area contributed by atoms with Crippen molar-refractivity contribution >= 4 is 24.7 Å². The Hall–Kier alpha value is -8.01. The van der Waals surface area contributed by atoms with Gasteiger partial charge in [0.2, 0.25) is 0 Å². The Morgan fingerprint density at radius 3 is 0.174 bits per heavy atom. The molecule has 0 radical (unpaired) electrons. The Morgan fingerprint density at radius 1 is 0.139 bits per heavy atom. The van der Waals surface area contributed by atoms with E-state index < -0.39 is 24.7 Å². The minimum atomic E-state index is -1.23. The van der Waals surface area contributed by atoms with E-state index >= 15 is 0 Å². The first-order valence-corrected chi connectivity index (χ1v) is 54.0. The van der Waals surface area contributed by atoms with Crippen LogP contribution in [0, 0.1) is 5.41 Å². The Morgan fingerprint density at radius 2 is 0.165 bits per heavy atom. The molecule has 5 heteroatoms. The highest BCUT2D eigenvalue weighted by atomic mass is 28.4. The van der Waals surface area contributed by atoms with Gasteiger partial charge < -0.3 is 8.85 Å². The van der Waals surface area contributed by atoms with E-state index in [4.69, 9.17) is 4.12 Å². The predicted molar refractivity (Wildman–Crippen MR) is 560 cm³/mol. The van der Waals surface area contributed by atoms with Crippen LogP contribution in [0.25, 0.3) is 0 Å². The predicted octanol–water partition coefficient (Wildman–Crippen LogP) is 39.5. The molecule has 0 heterocycles. The van der Waals surface area contributed by atoms with Crippen LogP contribution in [0.1, 0.15) is 215 Å². The standard InChI is InChI=1S/C6H18OSi2.11C6H6.C5H12.C4H12Si.C2H6O.13C2H6.CH4/c1-8(2,3)7-9(4,5)6;11*1-2-4-6-5-3-1;2*1-5(2,3)4;1-3-2;13*1-2;/h1-6H3;11*1-6H;2*1-4H3;1-2H3;13*1-2H3;1H4. The summed E-state index contributed by atoms with van der Waals surface area (Å²) in [6.07, 6.45) is 0. The lowest BCUT2D eigenvalue weighted by Crippen LogP contribution is -2.39. The molecule has 0 saturated carbocycles. The SMILES string of the molecule is C.CC.CC.CC.CC.CC.CC.CC.CC.CC.CC.CC.CC.CC.CC(C)(C)C.COC.C[Si](C)(C)C.C[Si](C)(C)O[Si](C)(C)C.c1ccccc1.c1ccccc1.c1ccccc1.c1ccccc1.c1ccccc1.c1ccccc1.c1ccccc1.c1ccccc1.c1ccccc1.c1ccccc1.c1ccccc1. The molecule has 115 heavy (non-hydrogen) atoms. The fraction of sp³-hybridized carbons (Fsp3) is 0.400. The fourth-order valence-corrected chi connectivity index (χ4v) is 12.5. The molecule has 0 aliphatic carbocycles. The van der Waals surface area contributed by atoms with Gasteiger partial charge in [-0.3, -0.25) is 0 Å². The first-order valence-electron chi connectivity index (χ1n) is 43.2. The van der Waals surface area contributed by atoms with Crippen LogP contribution in [-0.4, -0.2) is 38.9 Å². The highest BCUT2D eigenvalue weighted by Gasteiger charge is 2.24. The van der Waals surface area contributed by atoms with Gasteiger partial charge in [-0.1, -0.05) is 642 Å². The Labute approximate surface area is 729 Å². The lowest BCUT2D eigenvalue weighted by Gasteiger charge is -2.27. The van der Waals surface area contributed by atoms with E-state index in [9.17, 15) is 0 Å². The average molecular weight is 1640 g/mol. The molecule has 0 unspecified atom stereocenters. The van der Waals surface area contributed by atoms with Crippen molar-refractivity contribution in [3.05, 3.63) is 400 Å². The van der Waals surface area contributed by atoms with Gasteiger partial charge in [0.05, 0.1) is 0 Å². The molecule has 0 amide bonds. The molecule has 11 rings (SSSR count). The number of rotatable bonds is 2. The number of benzene rings is 11. The van der Waals surface area contributed by atoms with Gasteiger partial charge in [0.25, 0.3) is 0 Å². The smallest absolute Gasteiger partial charge is 0.170 e. The van der Waals surface area contributed by atoms with Crippen LogP contribution in [0.3, 0.4) is 0 Å². The van der Waals surface area contributed by atoms with Crippen molar-refractivity contribution in [3.63, 3.8) is 0 Å². The molecule has 0 bridgehead atoms. The van der Waals surface area contributed by atoms with Gasteiger partial charge in [0, 0.05) is 22.3 Å². The normalized spacial score (nSPS) is 7.57. The van der Waals surface area contributed by atoms with Crippen molar-refractivity contribution in [2.45, 2.75) is 281 Å². The quantitative estimate of drug-likeness (QED) is 0.161. The summed E-state index contributed by atoms with van der Waals surface area (Å²) >= 11 is 0. The Balaban J connectivity index is -0.0000000538. The average Bonchev–Trinajstić information content (AvgIpc) is 0.914. The van der Waals surface area contributed by atoms with Crippen LogP contribution in [0.4, 0.5) is 0 Å². The fourth-order valence-electron chi connectivity index (χ4n) is 5.15. The molecule has 11 aromatic carbocycles. The van der Waals surface area contributed by atoms with Crippen LogP contribution >= 0.6 is 0 Å². The summed E-state index contributed by atoms with van der Waals surface area (Å²) in [5, 5.41) is 0. The number of ether oxygens (including phenoxy) is 1. The highest BCUT2D eigenvalue weighted by molar-refractivity contribution is 6.83. The van der Waals surface area contributed by atoms with E-state index in [1.807, 2.05) is 580 Å². The zero-order valence-electron chi connectivity index (χ0n) is 82.9. The maximum Gasteiger partial charge on any atom is 0.170 e. The summed E-state index contributed by atoms with van der Waals surface area (Å²) in [7, 11) is 0.177. The molecule has 0 spiro atoms. The van der Waals surface area contributed by atoms with Gasteiger partial charge in [0.15, 0.2) is 16.6 Å². The Kier molecular flexibility index (Phi) is 219. The van der Waals surface area contributed by atoms with Crippen LogP contribution < -0.4 is 0 Å². The van der Waals surface area contributed by atoms with Gasteiger partial charge >= 0.3 is 0 Å². The van der Waals surface area contributed by atoms with Crippen LogP contribution in [0.5, 0.6) is 0 Å². The third-order valence-electron chi connectivity index (χ3n) is 7.95. The summed E-state index contributed by atoms with van der Waals surface area (Å²) in [5.74, 6) is 0. The van der Waals surface area contributed by atoms with Gasteiger partial charge in [-0.2, -0.15) is 0 Å². The topological polar surface area (TPSA) is 18.5 Å². The summed E-state index contributed by atoms with van der Waals surface area (Å²) in [4.78, 5) is 0. The maximum absolute atomic E-state index is 5.90. The molecule has 0 aliphatic rings. The third-order valence-corrected chi connectivity index (χ3v) is 12.8. The maximum atomic E-state index is 5.90. The first-order chi connectivity index (χ1) is 55.1. The molecule has 0 atom stereocenters. The highest BCUT2D eigenvalue weighted by Crippen LogP contribution is 2.12. The van der Waals surface area contributed by atoms with Gasteiger partial charge in [-0.25, -0.2) is 0 Å². The zero-order valence-corrected chi connectivity index (χ0v) is 85.9. The van der Waals surface area contributed by atoms with Crippen molar-refractivity contribution in [3.8, 4) is 0 Å². The molecule has 0 N–H and O–H groups in total. The van der Waals surface area contributed by atoms with E-state index in [-0.39, 0.29) is 7.43 Å². The summed E-state index contributed by atoms with van der Waals surface area (Å²) in [6.45, 7) is 83.5. The summed E-state index contributed by atoms with van der Waals surface area (Å²) in [6, 6.07) is 132. The van der Waals surface area contributed by atoms with E-state index in [0.29, 0.717) is 5.41 Å². The van der Waals surface area contributed by atoms with Crippen molar-refractivity contribution < 1.29 is 8.85 Å². The van der Waals surface area contributed by atoms with Crippen molar-refractivity contribution in [1.29, 1.82) is 0 Å². The summed E-state index contributed by atoms with van der Waals surface area (Å²) in [5.41, 5.74) is 0.500. The van der Waals surface area contributed by atoms with Crippen molar-refractivity contribution in [1.82, 2.24) is 0 Å². The summed E-state index contributed by atoms with van der Waals surface area (Å²) < 4.78 is 10.2. The number of hydrogen-bond acceptors (Lipinski definition) is 2. The molecule has 2 nitrogen and oxygen atoms in total. The Bertz CT molecular complexity index is 1820. The van der Waals surface area contributed by atoms with Gasteiger partial charge in [-0.05, 0) is 44.7 Å². The monoisotopic (exact) mass is 1630 g/mol. The lowest BCUT2D eigenvalue weighted by atomic mass is 10.0. The zero-order chi connectivity index (χ0) is 92.1. The third kappa shape index (κ3) is 280. The lowest BCUT2D eigenvalue weighted by molar-refractivity contribution is 0.277. The molecule has 660 valence electrons. The van der Waals surface area contributed by atoms with Gasteiger partial charge in [0.1, 0.15) is 0 Å². The number of hydrogen-bond donors (Lipinski definition) is 0. The second kappa shape index (κ2) is 166. The molecule has 0 aromatic heterocycles. The van der Waals surface area contributed by atoms with Crippen LogP contribution in [0.2, 0.25) is 65.5 Å². The molecular weight excluding hydrogens is 1440 g/mol. The molecular formula is C110H196O2Si3. The molecule has 0 aliphatic heterocycles. The second-order valence-corrected chi connectivity index (χ2v) is 38.7. The molecule has 0 fully saturated rings. The van der Waals surface area contributed by atoms with Gasteiger partial charge in [-0.15, -0.1) is 0 Å². The van der Waals surface area contributed by atoms with E-state index in [1.165, 1.54) is 0 Å². The van der Waals surface area contributed by atoms with E-state index in [0.717, 1.165) is 0 Å².